The second kappa shape index (κ2) is 5.59. The summed E-state index contributed by atoms with van der Waals surface area (Å²) in [5, 5.41) is 3.22. The first-order chi connectivity index (χ1) is 9.74. The molecule has 0 aliphatic heterocycles. The van der Waals surface area contributed by atoms with Gasteiger partial charge in [-0.25, -0.2) is 9.97 Å². The van der Waals surface area contributed by atoms with Gasteiger partial charge in [-0.15, -0.1) is 11.3 Å². The Hall–Kier alpha value is -1.94. The number of hydrogen-bond acceptors (Lipinski definition) is 3. The van der Waals surface area contributed by atoms with Gasteiger partial charge in [-0.05, 0) is 12.5 Å². The predicted molar refractivity (Wildman–Crippen MR) is 82.1 cm³/mol. The Morgan fingerprint density at radius 3 is 2.75 bits per heavy atom. The zero-order valence-corrected chi connectivity index (χ0v) is 12.5. The zero-order valence-electron chi connectivity index (χ0n) is 11.7. The Labute approximate surface area is 123 Å². The molecule has 1 aromatic carbocycles. The molecule has 3 aromatic rings. The molecule has 0 saturated carbocycles. The highest BCUT2D eigenvalue weighted by atomic mass is 32.1. The van der Waals surface area contributed by atoms with Gasteiger partial charge in [-0.3, -0.25) is 0 Å². The highest BCUT2D eigenvalue weighted by molar-refractivity contribution is 7.09. The lowest BCUT2D eigenvalue weighted by Gasteiger charge is -2.13. The van der Waals surface area contributed by atoms with Gasteiger partial charge in [0, 0.05) is 29.4 Å². The average molecular weight is 283 g/mol. The van der Waals surface area contributed by atoms with E-state index in [1.807, 2.05) is 25.4 Å². The lowest BCUT2D eigenvalue weighted by Crippen LogP contribution is -2.08. The zero-order chi connectivity index (χ0) is 13.9. The molecule has 0 amide bonds. The van der Waals surface area contributed by atoms with Crippen molar-refractivity contribution in [2.75, 3.05) is 0 Å². The molecule has 1 atom stereocenters. The van der Waals surface area contributed by atoms with Gasteiger partial charge >= 0.3 is 0 Å². The second-order valence-electron chi connectivity index (χ2n) is 4.93. The van der Waals surface area contributed by atoms with Crippen molar-refractivity contribution in [2.24, 2.45) is 0 Å². The minimum absolute atomic E-state index is 0.284. The number of imidazole rings is 1. The maximum Gasteiger partial charge on any atom is 0.116 e. The molecule has 0 N–H and O–H groups in total. The van der Waals surface area contributed by atoms with Gasteiger partial charge in [0.05, 0.1) is 6.54 Å². The number of hydrogen-bond donors (Lipinski definition) is 0. The van der Waals surface area contributed by atoms with Crippen LogP contribution in [0.2, 0.25) is 0 Å². The molecular formula is C16H17N3S. The molecule has 4 heteroatoms. The molecule has 0 radical (unpaired) electrons. The second-order valence-corrected chi connectivity index (χ2v) is 5.87. The van der Waals surface area contributed by atoms with Crippen LogP contribution in [0.5, 0.6) is 0 Å². The predicted octanol–water partition coefficient (Wildman–Crippen LogP) is 3.85. The SMILES string of the molecule is Cc1csc(Cn2ccnc2C(C)c2ccccc2)n1. The van der Waals surface area contributed by atoms with Gasteiger partial charge in [0.25, 0.3) is 0 Å². The van der Waals surface area contributed by atoms with Crippen LogP contribution in [0.3, 0.4) is 0 Å². The molecule has 1 unspecified atom stereocenters. The van der Waals surface area contributed by atoms with E-state index in [1.54, 1.807) is 11.3 Å². The van der Waals surface area contributed by atoms with E-state index in [9.17, 15) is 0 Å². The summed E-state index contributed by atoms with van der Waals surface area (Å²) in [4.78, 5) is 9.06. The molecule has 3 rings (SSSR count). The minimum Gasteiger partial charge on any atom is -0.328 e. The molecule has 0 fully saturated rings. The normalized spacial score (nSPS) is 12.5. The van der Waals surface area contributed by atoms with Gasteiger partial charge in [0.15, 0.2) is 0 Å². The largest absolute Gasteiger partial charge is 0.328 e. The summed E-state index contributed by atoms with van der Waals surface area (Å²) in [7, 11) is 0. The highest BCUT2D eigenvalue weighted by Crippen LogP contribution is 2.23. The minimum atomic E-state index is 0.284. The van der Waals surface area contributed by atoms with Crippen LogP contribution in [0, 0.1) is 6.92 Å². The number of rotatable bonds is 4. The summed E-state index contributed by atoms with van der Waals surface area (Å²) in [6, 6.07) is 10.5. The highest BCUT2D eigenvalue weighted by Gasteiger charge is 2.14. The van der Waals surface area contributed by atoms with Gasteiger partial charge in [-0.1, -0.05) is 37.3 Å². The van der Waals surface area contributed by atoms with Crippen molar-refractivity contribution in [1.29, 1.82) is 0 Å². The maximum absolute atomic E-state index is 4.54. The Morgan fingerprint density at radius 2 is 2.05 bits per heavy atom. The maximum atomic E-state index is 4.54. The van der Waals surface area contributed by atoms with E-state index in [1.165, 1.54) is 5.56 Å². The molecule has 0 saturated heterocycles. The van der Waals surface area contributed by atoms with Crippen molar-refractivity contribution >= 4 is 11.3 Å². The van der Waals surface area contributed by atoms with Crippen LogP contribution in [0.25, 0.3) is 0 Å². The Balaban J connectivity index is 1.86. The lowest BCUT2D eigenvalue weighted by atomic mass is 10.0. The molecule has 102 valence electrons. The van der Waals surface area contributed by atoms with Crippen molar-refractivity contribution in [1.82, 2.24) is 14.5 Å². The van der Waals surface area contributed by atoms with E-state index in [0.29, 0.717) is 0 Å². The fraction of sp³-hybridized carbons (Fsp3) is 0.250. The lowest BCUT2D eigenvalue weighted by molar-refractivity contribution is 0.686. The van der Waals surface area contributed by atoms with E-state index >= 15 is 0 Å². The van der Waals surface area contributed by atoms with E-state index in [4.69, 9.17) is 0 Å². The van der Waals surface area contributed by atoms with Crippen LogP contribution < -0.4 is 0 Å². The van der Waals surface area contributed by atoms with Gasteiger partial charge < -0.3 is 4.57 Å². The molecule has 2 heterocycles. The fourth-order valence-electron chi connectivity index (χ4n) is 2.35. The van der Waals surface area contributed by atoms with E-state index in [-0.39, 0.29) is 5.92 Å². The molecule has 3 nitrogen and oxygen atoms in total. The van der Waals surface area contributed by atoms with Gasteiger partial charge in [-0.2, -0.15) is 0 Å². The third kappa shape index (κ3) is 2.65. The van der Waals surface area contributed by atoms with Crippen LogP contribution in [-0.2, 0) is 6.54 Å². The van der Waals surface area contributed by atoms with Gasteiger partial charge in [0.2, 0.25) is 0 Å². The summed E-state index contributed by atoms with van der Waals surface area (Å²) >= 11 is 1.70. The third-order valence-electron chi connectivity index (χ3n) is 3.41. The van der Waals surface area contributed by atoms with Crippen LogP contribution in [0.1, 0.15) is 34.9 Å². The molecule has 0 aliphatic rings. The molecule has 0 spiro atoms. The number of aryl methyl sites for hydroxylation is 1. The fourth-order valence-corrected chi connectivity index (χ4v) is 3.12. The standard InChI is InChI=1S/C16H17N3S/c1-12-11-20-15(18-12)10-19-9-8-17-16(19)13(2)14-6-4-3-5-7-14/h3-9,11,13H,10H2,1-2H3. The summed E-state index contributed by atoms with van der Waals surface area (Å²) in [5.41, 5.74) is 2.37. The van der Waals surface area contributed by atoms with Crippen molar-refractivity contribution in [3.05, 3.63) is 70.2 Å². The molecule has 2 aromatic heterocycles. The number of aromatic nitrogens is 3. The topological polar surface area (TPSA) is 30.7 Å². The van der Waals surface area contributed by atoms with E-state index in [0.717, 1.165) is 23.1 Å². The monoisotopic (exact) mass is 283 g/mol. The smallest absolute Gasteiger partial charge is 0.116 e. The molecule has 0 bridgehead atoms. The average Bonchev–Trinajstić information content (AvgIpc) is 3.09. The summed E-state index contributed by atoms with van der Waals surface area (Å²) < 4.78 is 2.19. The quantitative estimate of drug-likeness (QED) is 0.728. The van der Waals surface area contributed by atoms with E-state index in [2.05, 4.69) is 51.1 Å². The first-order valence-electron chi connectivity index (χ1n) is 6.71. The third-order valence-corrected chi connectivity index (χ3v) is 4.36. The molecular weight excluding hydrogens is 266 g/mol. The van der Waals surface area contributed by atoms with Crippen LogP contribution >= 0.6 is 11.3 Å². The number of benzene rings is 1. The van der Waals surface area contributed by atoms with Crippen LogP contribution in [-0.4, -0.2) is 14.5 Å². The summed E-state index contributed by atoms with van der Waals surface area (Å²) in [6.45, 7) is 5.02. The Kier molecular flexibility index (Phi) is 3.65. The van der Waals surface area contributed by atoms with Crippen LogP contribution in [0.15, 0.2) is 48.1 Å². The van der Waals surface area contributed by atoms with Crippen molar-refractivity contribution in [2.45, 2.75) is 26.3 Å². The van der Waals surface area contributed by atoms with Crippen molar-refractivity contribution in [3.63, 3.8) is 0 Å². The number of nitrogens with zero attached hydrogens (tertiary/aromatic N) is 3. The Bertz CT molecular complexity index is 685. The summed E-state index contributed by atoms with van der Waals surface area (Å²) in [5.74, 6) is 1.37. The van der Waals surface area contributed by atoms with Crippen molar-refractivity contribution in [3.8, 4) is 0 Å². The van der Waals surface area contributed by atoms with Gasteiger partial charge in [0.1, 0.15) is 10.8 Å². The summed E-state index contributed by atoms with van der Waals surface area (Å²) in [6.07, 6.45) is 3.90. The number of thiazole rings is 1. The van der Waals surface area contributed by atoms with Crippen molar-refractivity contribution < 1.29 is 0 Å². The van der Waals surface area contributed by atoms with E-state index < -0.39 is 0 Å². The first-order valence-corrected chi connectivity index (χ1v) is 7.59. The Morgan fingerprint density at radius 1 is 1.25 bits per heavy atom. The molecule has 0 aliphatic carbocycles. The first kappa shape index (κ1) is 13.1. The van der Waals surface area contributed by atoms with Crippen LogP contribution in [0.4, 0.5) is 0 Å². The molecule has 20 heavy (non-hydrogen) atoms.